The van der Waals surface area contributed by atoms with Gasteiger partial charge in [0.25, 0.3) is 0 Å². The molecule has 0 amide bonds. The Kier molecular flexibility index (Phi) is 7.63. The van der Waals surface area contributed by atoms with Gasteiger partial charge in [-0.05, 0) is 90.5 Å². The van der Waals surface area contributed by atoms with Crippen LogP contribution < -0.4 is 0 Å². The maximum absolute atomic E-state index is 5.20. The third kappa shape index (κ3) is 5.37. The van der Waals surface area contributed by atoms with Crippen molar-refractivity contribution >= 4 is 54.1 Å². The van der Waals surface area contributed by atoms with E-state index in [1.165, 1.54) is 60.1 Å². The first kappa shape index (κ1) is 34.6. The molecule has 0 saturated carbocycles. The second-order valence-electron chi connectivity index (χ2n) is 16.3. The Morgan fingerprint density at radius 3 is 1.76 bits per heavy atom. The predicted molar refractivity (Wildman–Crippen MR) is 256 cm³/mol. The van der Waals surface area contributed by atoms with E-state index in [1.54, 1.807) is 0 Å². The molecule has 1 unspecified atom stereocenters. The quantitative estimate of drug-likeness (QED) is 0.174. The zero-order valence-electron chi connectivity index (χ0n) is 33.6. The van der Waals surface area contributed by atoms with E-state index in [-0.39, 0.29) is 5.92 Å². The molecule has 288 valence electrons. The molecule has 10 aromatic carbocycles. The molecule has 62 heavy (non-hydrogen) atoms. The van der Waals surface area contributed by atoms with Gasteiger partial charge in [-0.15, -0.1) is 0 Å². The lowest BCUT2D eigenvalue weighted by molar-refractivity contribution is 1.03. The highest BCUT2D eigenvalue weighted by Gasteiger charge is 2.31. The van der Waals surface area contributed by atoms with Gasteiger partial charge in [0, 0.05) is 39.1 Å². The number of hydrogen-bond acceptors (Lipinski definition) is 3. The summed E-state index contributed by atoms with van der Waals surface area (Å²) in [5.74, 6) is 2.05. The van der Waals surface area contributed by atoms with Gasteiger partial charge < -0.3 is 4.57 Å². The molecule has 12 aromatic rings. The molecule has 0 radical (unpaired) electrons. The maximum Gasteiger partial charge on any atom is 0.164 e. The summed E-state index contributed by atoms with van der Waals surface area (Å²) in [5.41, 5.74) is 12.9. The molecule has 0 saturated heterocycles. The summed E-state index contributed by atoms with van der Waals surface area (Å²) < 4.78 is 2.43. The summed E-state index contributed by atoms with van der Waals surface area (Å²) >= 11 is 0. The Hall–Kier alpha value is -8.21. The van der Waals surface area contributed by atoms with Crippen LogP contribution in [0.25, 0.3) is 105 Å². The third-order valence-corrected chi connectivity index (χ3v) is 12.9. The highest BCUT2D eigenvalue weighted by atomic mass is 15.0. The standard InChI is InChI=1S/C58H36N4/c1-3-16-37(17-4-1)56-59-57(38-18-5-2-6-19-38)61-58(60-56)51-35-43(32-40-20-8-9-21-44(40)51)62-52-26-14-13-24-47(52)50-33-39-27-28-41(31-42(39)34-53(50)62)54-48-25-12-11-23-46(48)49-30-29-36-15-7-10-22-45(36)55(49)54/h1-35,54H. The van der Waals surface area contributed by atoms with Gasteiger partial charge in [0.2, 0.25) is 0 Å². The summed E-state index contributed by atoms with van der Waals surface area (Å²) in [6.45, 7) is 0. The van der Waals surface area contributed by atoms with E-state index < -0.39 is 0 Å². The normalized spacial score (nSPS) is 13.3. The van der Waals surface area contributed by atoms with Crippen LogP contribution in [0.3, 0.4) is 0 Å². The monoisotopic (exact) mass is 788 g/mol. The molecule has 1 aliphatic carbocycles. The fourth-order valence-electron chi connectivity index (χ4n) is 10.1. The molecule has 1 atom stereocenters. The fraction of sp³-hybridized carbons (Fsp3) is 0.0172. The zero-order valence-corrected chi connectivity index (χ0v) is 33.6. The topological polar surface area (TPSA) is 43.6 Å². The number of aromatic nitrogens is 4. The molecule has 2 heterocycles. The molecule has 1 aliphatic rings. The number of nitrogens with zero attached hydrogens (tertiary/aromatic N) is 4. The second-order valence-corrected chi connectivity index (χ2v) is 16.3. The third-order valence-electron chi connectivity index (χ3n) is 12.9. The van der Waals surface area contributed by atoms with Crippen LogP contribution in [0.1, 0.15) is 22.6 Å². The van der Waals surface area contributed by atoms with Gasteiger partial charge in [-0.2, -0.15) is 0 Å². The summed E-state index contributed by atoms with van der Waals surface area (Å²) in [7, 11) is 0. The van der Waals surface area contributed by atoms with Crippen LogP contribution in [-0.4, -0.2) is 19.5 Å². The SMILES string of the molecule is c1ccc(-c2nc(-c3ccccc3)nc(-c3cc(-n4c5ccccc5c5cc6ccc(C7c8ccccc8-c8ccc9ccccc9c87)cc6cc54)cc4ccccc34)n2)cc1. The van der Waals surface area contributed by atoms with Crippen molar-refractivity contribution in [1.29, 1.82) is 0 Å². The van der Waals surface area contributed by atoms with Crippen LogP contribution in [0.15, 0.2) is 212 Å². The van der Waals surface area contributed by atoms with Gasteiger partial charge in [0.15, 0.2) is 17.5 Å². The second kappa shape index (κ2) is 13.7. The Balaban J connectivity index is 1.04. The number of benzene rings is 10. The van der Waals surface area contributed by atoms with E-state index in [4.69, 9.17) is 15.0 Å². The summed E-state index contributed by atoms with van der Waals surface area (Å²) in [6.07, 6.45) is 0. The lowest BCUT2D eigenvalue weighted by Crippen LogP contribution is -2.02. The molecule has 0 bridgehead atoms. The molecule has 0 spiro atoms. The highest BCUT2D eigenvalue weighted by molar-refractivity contribution is 6.14. The minimum Gasteiger partial charge on any atom is -0.309 e. The van der Waals surface area contributed by atoms with E-state index in [0.717, 1.165) is 44.2 Å². The zero-order chi connectivity index (χ0) is 40.7. The number of rotatable bonds is 5. The Labute approximate surface area is 358 Å². The van der Waals surface area contributed by atoms with Crippen molar-refractivity contribution in [2.75, 3.05) is 0 Å². The average molecular weight is 789 g/mol. The van der Waals surface area contributed by atoms with Gasteiger partial charge >= 0.3 is 0 Å². The number of hydrogen-bond donors (Lipinski definition) is 0. The molecule has 0 fully saturated rings. The van der Waals surface area contributed by atoms with E-state index in [2.05, 4.69) is 180 Å². The lowest BCUT2D eigenvalue weighted by atomic mass is 9.86. The van der Waals surface area contributed by atoms with Crippen molar-refractivity contribution in [3.05, 3.63) is 229 Å². The number of fused-ring (bicyclic) bond motifs is 10. The Bertz CT molecular complexity index is 3700. The average Bonchev–Trinajstić information content (AvgIpc) is 3.86. The van der Waals surface area contributed by atoms with Crippen molar-refractivity contribution in [3.63, 3.8) is 0 Å². The molecule has 4 heteroatoms. The molecule has 13 rings (SSSR count). The van der Waals surface area contributed by atoms with Crippen LogP contribution in [0.4, 0.5) is 0 Å². The van der Waals surface area contributed by atoms with Crippen molar-refractivity contribution in [2.24, 2.45) is 0 Å². The number of para-hydroxylation sites is 1. The van der Waals surface area contributed by atoms with Crippen LogP contribution in [0, 0.1) is 0 Å². The minimum absolute atomic E-state index is 0.128. The van der Waals surface area contributed by atoms with E-state index >= 15 is 0 Å². The fourth-order valence-corrected chi connectivity index (χ4v) is 10.1. The maximum atomic E-state index is 5.20. The molecular weight excluding hydrogens is 753 g/mol. The molecule has 4 nitrogen and oxygen atoms in total. The first-order valence-corrected chi connectivity index (χ1v) is 21.2. The van der Waals surface area contributed by atoms with Gasteiger partial charge in [0.1, 0.15) is 0 Å². The van der Waals surface area contributed by atoms with Crippen molar-refractivity contribution in [1.82, 2.24) is 19.5 Å². The first-order valence-electron chi connectivity index (χ1n) is 21.2. The van der Waals surface area contributed by atoms with Crippen LogP contribution in [-0.2, 0) is 0 Å². The molecular formula is C58H36N4. The predicted octanol–water partition coefficient (Wildman–Crippen LogP) is 14.6. The van der Waals surface area contributed by atoms with E-state index in [9.17, 15) is 0 Å². The smallest absolute Gasteiger partial charge is 0.164 e. The summed E-state index contributed by atoms with van der Waals surface area (Å²) in [6, 6.07) is 76.5. The van der Waals surface area contributed by atoms with Gasteiger partial charge in [-0.25, -0.2) is 15.0 Å². The van der Waals surface area contributed by atoms with Crippen molar-refractivity contribution in [2.45, 2.75) is 5.92 Å². The summed E-state index contributed by atoms with van der Waals surface area (Å²) in [5, 5.41) is 9.66. The Morgan fingerprint density at radius 2 is 0.968 bits per heavy atom. The van der Waals surface area contributed by atoms with Gasteiger partial charge in [-0.1, -0.05) is 182 Å². The van der Waals surface area contributed by atoms with Crippen molar-refractivity contribution < 1.29 is 0 Å². The van der Waals surface area contributed by atoms with Crippen LogP contribution in [0.2, 0.25) is 0 Å². The lowest BCUT2D eigenvalue weighted by Gasteiger charge is -2.18. The minimum atomic E-state index is 0.128. The van der Waals surface area contributed by atoms with Gasteiger partial charge in [-0.3, -0.25) is 0 Å². The van der Waals surface area contributed by atoms with E-state index in [0.29, 0.717) is 17.5 Å². The van der Waals surface area contributed by atoms with Crippen LogP contribution >= 0.6 is 0 Å². The van der Waals surface area contributed by atoms with E-state index in [1.807, 2.05) is 36.4 Å². The molecule has 2 aromatic heterocycles. The largest absolute Gasteiger partial charge is 0.309 e. The van der Waals surface area contributed by atoms with Crippen molar-refractivity contribution in [3.8, 4) is 51.0 Å². The summed E-state index contributed by atoms with van der Waals surface area (Å²) in [4.78, 5) is 15.4. The van der Waals surface area contributed by atoms with Gasteiger partial charge in [0.05, 0.1) is 11.0 Å². The Morgan fingerprint density at radius 1 is 0.339 bits per heavy atom. The molecule has 0 N–H and O–H groups in total. The highest BCUT2D eigenvalue weighted by Crippen LogP contribution is 2.51. The molecule has 0 aliphatic heterocycles. The first-order chi connectivity index (χ1) is 30.7. The van der Waals surface area contributed by atoms with Crippen LogP contribution in [0.5, 0.6) is 0 Å².